The van der Waals surface area contributed by atoms with E-state index in [2.05, 4.69) is 25.6 Å². The molecule has 1 aliphatic heterocycles. The Morgan fingerprint density at radius 3 is 2.91 bits per heavy atom. The molecule has 2 N–H and O–H groups in total. The maximum absolute atomic E-state index is 12.2. The zero-order chi connectivity index (χ0) is 16.2. The van der Waals surface area contributed by atoms with E-state index in [1.54, 1.807) is 23.1 Å². The number of aromatic nitrogens is 3. The van der Waals surface area contributed by atoms with Crippen LogP contribution in [0.15, 0.2) is 36.7 Å². The monoisotopic (exact) mass is 314 g/mol. The number of hydrogen-bond acceptors (Lipinski definition) is 4. The third-order valence-electron chi connectivity index (χ3n) is 3.90. The van der Waals surface area contributed by atoms with Gasteiger partial charge in [-0.2, -0.15) is 5.10 Å². The number of nitrogens with one attached hydrogen (secondary N) is 2. The van der Waals surface area contributed by atoms with E-state index in [1.165, 1.54) is 0 Å². The second-order valence-electron chi connectivity index (χ2n) is 5.97. The van der Waals surface area contributed by atoms with Crippen molar-refractivity contribution in [2.75, 3.05) is 23.3 Å². The molecule has 0 radical (unpaired) electrons. The average molecular weight is 314 g/mol. The van der Waals surface area contributed by atoms with Crippen molar-refractivity contribution in [3.63, 3.8) is 0 Å². The summed E-state index contributed by atoms with van der Waals surface area (Å²) in [4.78, 5) is 18.7. The molecule has 23 heavy (non-hydrogen) atoms. The fourth-order valence-corrected chi connectivity index (χ4v) is 2.79. The van der Waals surface area contributed by atoms with Gasteiger partial charge in [0.25, 0.3) is 0 Å². The third kappa shape index (κ3) is 3.61. The molecule has 3 rings (SSSR count). The van der Waals surface area contributed by atoms with E-state index >= 15 is 0 Å². The van der Waals surface area contributed by atoms with Crippen molar-refractivity contribution < 1.29 is 4.79 Å². The van der Waals surface area contributed by atoms with Crippen LogP contribution < -0.4 is 15.5 Å². The Morgan fingerprint density at radius 2 is 2.17 bits per heavy atom. The largest absolute Gasteiger partial charge is 0.354 e. The number of carbonyl (C=O) groups is 1. The lowest BCUT2D eigenvalue weighted by Crippen LogP contribution is -2.40. The molecule has 122 valence electrons. The Balaban J connectivity index is 1.54. The molecule has 0 spiro atoms. The van der Waals surface area contributed by atoms with Gasteiger partial charge in [-0.3, -0.25) is 5.32 Å². The summed E-state index contributed by atoms with van der Waals surface area (Å²) in [6.07, 6.45) is 4.39. The fourth-order valence-electron chi connectivity index (χ4n) is 2.79. The SMILES string of the molecule is CC(C)n1nccc1NC(=O)N[C@H]1CCN(c2ccccn2)C1. The maximum Gasteiger partial charge on any atom is 0.320 e. The van der Waals surface area contributed by atoms with E-state index in [9.17, 15) is 4.79 Å². The Hall–Kier alpha value is -2.57. The first-order valence-corrected chi connectivity index (χ1v) is 7.90. The second-order valence-corrected chi connectivity index (χ2v) is 5.97. The predicted octanol–water partition coefficient (Wildman–Crippen LogP) is 2.26. The molecule has 7 nitrogen and oxygen atoms in total. The van der Waals surface area contributed by atoms with Gasteiger partial charge in [-0.25, -0.2) is 14.5 Å². The number of carbonyl (C=O) groups excluding carboxylic acids is 1. The van der Waals surface area contributed by atoms with E-state index in [4.69, 9.17) is 0 Å². The molecule has 2 aromatic rings. The Bertz CT molecular complexity index is 654. The van der Waals surface area contributed by atoms with E-state index in [1.807, 2.05) is 32.0 Å². The molecule has 1 fully saturated rings. The van der Waals surface area contributed by atoms with Crippen molar-refractivity contribution in [2.45, 2.75) is 32.4 Å². The van der Waals surface area contributed by atoms with Crippen LogP contribution in [0.5, 0.6) is 0 Å². The second kappa shape index (κ2) is 6.68. The van der Waals surface area contributed by atoms with Crippen LogP contribution in [0.4, 0.5) is 16.4 Å². The van der Waals surface area contributed by atoms with Crippen LogP contribution in [0.1, 0.15) is 26.3 Å². The first kappa shape index (κ1) is 15.3. The lowest BCUT2D eigenvalue weighted by atomic mass is 10.3. The predicted molar refractivity (Wildman–Crippen MR) is 89.6 cm³/mol. The van der Waals surface area contributed by atoms with E-state index in [-0.39, 0.29) is 18.1 Å². The number of hydrogen-bond donors (Lipinski definition) is 2. The van der Waals surface area contributed by atoms with Gasteiger partial charge >= 0.3 is 6.03 Å². The van der Waals surface area contributed by atoms with Crippen LogP contribution in [-0.4, -0.2) is 39.9 Å². The molecule has 1 aliphatic rings. The number of rotatable bonds is 4. The molecule has 0 saturated carbocycles. The fraction of sp³-hybridized carbons (Fsp3) is 0.438. The summed E-state index contributed by atoms with van der Waals surface area (Å²) in [6.45, 7) is 5.72. The van der Waals surface area contributed by atoms with Gasteiger partial charge in [-0.15, -0.1) is 0 Å². The quantitative estimate of drug-likeness (QED) is 0.908. The van der Waals surface area contributed by atoms with Crippen molar-refractivity contribution in [1.29, 1.82) is 0 Å². The number of urea groups is 1. The Kier molecular flexibility index (Phi) is 4.45. The normalized spacial score (nSPS) is 17.5. The summed E-state index contributed by atoms with van der Waals surface area (Å²) in [7, 11) is 0. The van der Waals surface area contributed by atoms with Crippen LogP contribution in [-0.2, 0) is 0 Å². The summed E-state index contributed by atoms with van der Waals surface area (Å²) >= 11 is 0. The third-order valence-corrected chi connectivity index (χ3v) is 3.90. The minimum Gasteiger partial charge on any atom is -0.354 e. The van der Waals surface area contributed by atoms with Crippen LogP contribution >= 0.6 is 0 Å². The lowest BCUT2D eigenvalue weighted by Gasteiger charge is -2.18. The van der Waals surface area contributed by atoms with E-state index in [0.717, 1.165) is 25.3 Å². The highest BCUT2D eigenvalue weighted by atomic mass is 16.2. The summed E-state index contributed by atoms with van der Waals surface area (Å²) in [5.41, 5.74) is 0. The molecule has 2 amide bonds. The van der Waals surface area contributed by atoms with Gasteiger partial charge in [0.15, 0.2) is 0 Å². The van der Waals surface area contributed by atoms with Crippen LogP contribution in [0.2, 0.25) is 0 Å². The zero-order valence-electron chi connectivity index (χ0n) is 13.4. The summed E-state index contributed by atoms with van der Waals surface area (Å²) in [6, 6.07) is 7.79. The van der Waals surface area contributed by atoms with Gasteiger partial charge in [-0.1, -0.05) is 6.07 Å². The van der Waals surface area contributed by atoms with Crippen LogP contribution in [0.3, 0.4) is 0 Å². The molecule has 0 unspecified atom stereocenters. The van der Waals surface area contributed by atoms with Crippen LogP contribution in [0.25, 0.3) is 0 Å². The molecular weight excluding hydrogens is 292 g/mol. The van der Waals surface area contributed by atoms with Gasteiger partial charge in [0, 0.05) is 37.4 Å². The van der Waals surface area contributed by atoms with Gasteiger partial charge in [0.1, 0.15) is 11.6 Å². The summed E-state index contributed by atoms with van der Waals surface area (Å²) in [5, 5.41) is 10.1. The number of pyridine rings is 1. The molecular formula is C16H22N6O. The zero-order valence-corrected chi connectivity index (χ0v) is 13.4. The molecule has 1 atom stereocenters. The highest BCUT2D eigenvalue weighted by molar-refractivity contribution is 5.88. The number of anilines is 2. The van der Waals surface area contributed by atoms with E-state index < -0.39 is 0 Å². The van der Waals surface area contributed by atoms with Gasteiger partial charge < -0.3 is 10.2 Å². The van der Waals surface area contributed by atoms with Crippen molar-refractivity contribution in [3.8, 4) is 0 Å². The van der Waals surface area contributed by atoms with Crippen molar-refractivity contribution >= 4 is 17.7 Å². The van der Waals surface area contributed by atoms with Crippen LogP contribution in [0, 0.1) is 0 Å². The highest BCUT2D eigenvalue weighted by Gasteiger charge is 2.25. The molecule has 0 aliphatic carbocycles. The molecule has 7 heteroatoms. The molecule has 0 aromatic carbocycles. The molecule has 1 saturated heterocycles. The minimum absolute atomic E-state index is 0.118. The van der Waals surface area contributed by atoms with Crippen molar-refractivity contribution in [1.82, 2.24) is 20.1 Å². The first-order chi connectivity index (χ1) is 11.1. The van der Waals surface area contributed by atoms with Gasteiger partial charge in [0.05, 0.1) is 6.20 Å². The van der Waals surface area contributed by atoms with Crippen molar-refractivity contribution in [2.24, 2.45) is 0 Å². The first-order valence-electron chi connectivity index (χ1n) is 7.90. The maximum atomic E-state index is 12.2. The average Bonchev–Trinajstić information content (AvgIpc) is 3.17. The molecule has 3 heterocycles. The molecule has 0 bridgehead atoms. The topological polar surface area (TPSA) is 75.1 Å². The molecule has 2 aromatic heterocycles. The van der Waals surface area contributed by atoms with Gasteiger partial charge in [0.2, 0.25) is 0 Å². The highest BCUT2D eigenvalue weighted by Crippen LogP contribution is 2.18. The summed E-state index contributed by atoms with van der Waals surface area (Å²) < 4.78 is 1.79. The van der Waals surface area contributed by atoms with Gasteiger partial charge in [-0.05, 0) is 32.4 Å². The van der Waals surface area contributed by atoms with E-state index in [0.29, 0.717) is 5.82 Å². The number of amides is 2. The minimum atomic E-state index is -0.194. The Labute approximate surface area is 135 Å². The van der Waals surface area contributed by atoms with Crippen molar-refractivity contribution in [3.05, 3.63) is 36.7 Å². The Morgan fingerprint density at radius 1 is 1.30 bits per heavy atom. The smallest absolute Gasteiger partial charge is 0.320 e. The standard InChI is InChI=1S/C16H22N6O/c1-12(2)22-15(6-9-18-22)20-16(23)19-13-7-10-21(11-13)14-5-3-4-8-17-14/h3-6,8-9,12-13H,7,10-11H2,1-2H3,(H2,19,20,23)/t13-/m0/s1. The number of nitrogens with zero attached hydrogens (tertiary/aromatic N) is 4. The lowest BCUT2D eigenvalue weighted by molar-refractivity contribution is 0.249. The summed E-state index contributed by atoms with van der Waals surface area (Å²) in [5.74, 6) is 1.66.